The summed E-state index contributed by atoms with van der Waals surface area (Å²) in [4.78, 5) is 7.54. The van der Waals surface area contributed by atoms with E-state index in [9.17, 15) is 0 Å². The van der Waals surface area contributed by atoms with E-state index in [1.165, 1.54) is 11.3 Å². The predicted octanol–water partition coefficient (Wildman–Crippen LogP) is 2.20. The summed E-state index contributed by atoms with van der Waals surface area (Å²) in [5, 5.41) is 0. The summed E-state index contributed by atoms with van der Waals surface area (Å²) in [5.74, 6) is 0. The third-order valence-corrected chi connectivity index (χ3v) is 2.83. The molecule has 0 unspecified atom stereocenters. The topological polar surface area (TPSA) is 33.7 Å². The summed E-state index contributed by atoms with van der Waals surface area (Å²) in [7, 11) is 1.66. The maximum atomic E-state index is 5.21. The van der Waals surface area contributed by atoms with Crippen LogP contribution in [-0.2, 0) is 16.1 Å². The number of hydrogen-bond donors (Lipinski definition) is 1. The molecule has 0 aliphatic rings. The van der Waals surface area contributed by atoms with Crippen LogP contribution in [0.5, 0.6) is 0 Å². The monoisotopic (exact) mass is 252 g/mol. The van der Waals surface area contributed by atoms with Gasteiger partial charge in [-0.3, -0.25) is 4.84 Å². The van der Waals surface area contributed by atoms with Crippen LogP contribution in [-0.4, -0.2) is 33.4 Å². The number of hydroxylamine groups is 1. The number of hydrogen-bond acceptors (Lipinski definition) is 4. The van der Waals surface area contributed by atoms with E-state index >= 15 is 0 Å². The van der Waals surface area contributed by atoms with Gasteiger partial charge in [0.1, 0.15) is 0 Å². The molecule has 4 nitrogen and oxygen atoms in total. The molecule has 1 aromatic carbocycles. The standard InChI is InChI=1S/C14H24N2O2/c1-4-16(5-2)14-8-6-13(7-9-14)12-15-18-11-10-17-3/h6-9,15H,4-5,10-12H2,1-3H3. The fraction of sp³-hybridized carbons (Fsp3) is 0.571. The highest BCUT2D eigenvalue weighted by molar-refractivity contribution is 5.47. The van der Waals surface area contributed by atoms with Gasteiger partial charge in [-0.05, 0) is 31.5 Å². The Labute approximate surface area is 110 Å². The van der Waals surface area contributed by atoms with E-state index in [2.05, 4.69) is 48.5 Å². The number of ether oxygens (including phenoxy) is 1. The molecule has 102 valence electrons. The lowest BCUT2D eigenvalue weighted by atomic mass is 10.2. The lowest BCUT2D eigenvalue weighted by Crippen LogP contribution is -2.21. The molecule has 0 spiro atoms. The van der Waals surface area contributed by atoms with Gasteiger partial charge in [0.15, 0.2) is 0 Å². The van der Waals surface area contributed by atoms with E-state index in [1.54, 1.807) is 7.11 Å². The predicted molar refractivity (Wildman–Crippen MR) is 74.7 cm³/mol. The largest absolute Gasteiger partial charge is 0.382 e. The Balaban J connectivity index is 2.35. The molecule has 0 aliphatic heterocycles. The van der Waals surface area contributed by atoms with Gasteiger partial charge in [0.25, 0.3) is 0 Å². The number of rotatable bonds is 9. The Morgan fingerprint density at radius 2 is 1.72 bits per heavy atom. The van der Waals surface area contributed by atoms with Gasteiger partial charge >= 0.3 is 0 Å². The lowest BCUT2D eigenvalue weighted by molar-refractivity contribution is 0.00346. The second kappa shape index (κ2) is 8.91. The average molecular weight is 252 g/mol. The van der Waals surface area contributed by atoms with Crippen LogP contribution < -0.4 is 10.4 Å². The van der Waals surface area contributed by atoms with E-state index in [-0.39, 0.29) is 0 Å². The van der Waals surface area contributed by atoms with Crippen LogP contribution >= 0.6 is 0 Å². The van der Waals surface area contributed by atoms with Crippen molar-refractivity contribution in [2.24, 2.45) is 0 Å². The number of nitrogens with one attached hydrogen (secondary N) is 1. The molecule has 4 heteroatoms. The van der Waals surface area contributed by atoms with Gasteiger partial charge < -0.3 is 9.64 Å². The minimum Gasteiger partial charge on any atom is -0.382 e. The Morgan fingerprint density at radius 1 is 1.06 bits per heavy atom. The molecule has 0 saturated carbocycles. The number of anilines is 1. The van der Waals surface area contributed by atoms with Crippen LogP contribution in [0.25, 0.3) is 0 Å². The molecule has 0 amide bonds. The van der Waals surface area contributed by atoms with Gasteiger partial charge in [-0.1, -0.05) is 12.1 Å². The molecule has 0 bridgehead atoms. The minimum atomic E-state index is 0.564. The van der Waals surface area contributed by atoms with Crippen LogP contribution in [0.15, 0.2) is 24.3 Å². The Morgan fingerprint density at radius 3 is 2.28 bits per heavy atom. The minimum absolute atomic E-state index is 0.564. The zero-order valence-corrected chi connectivity index (χ0v) is 11.6. The summed E-state index contributed by atoms with van der Waals surface area (Å²) < 4.78 is 4.89. The van der Waals surface area contributed by atoms with Gasteiger partial charge in [0, 0.05) is 32.4 Å². The van der Waals surface area contributed by atoms with Crippen molar-refractivity contribution in [2.45, 2.75) is 20.4 Å². The number of nitrogens with zero attached hydrogens (tertiary/aromatic N) is 1. The van der Waals surface area contributed by atoms with E-state index < -0.39 is 0 Å². The SMILES string of the molecule is CCN(CC)c1ccc(CNOCCOC)cc1. The summed E-state index contributed by atoms with van der Waals surface area (Å²) in [6, 6.07) is 8.55. The maximum Gasteiger partial charge on any atom is 0.0916 e. The van der Waals surface area contributed by atoms with Gasteiger partial charge in [-0.15, -0.1) is 0 Å². The lowest BCUT2D eigenvalue weighted by Gasteiger charge is -2.21. The van der Waals surface area contributed by atoms with Gasteiger partial charge in [0.05, 0.1) is 13.2 Å². The molecule has 0 aromatic heterocycles. The number of benzene rings is 1. The summed E-state index contributed by atoms with van der Waals surface area (Å²) in [6.07, 6.45) is 0. The van der Waals surface area contributed by atoms with Crippen molar-refractivity contribution in [1.82, 2.24) is 5.48 Å². The molecule has 0 aliphatic carbocycles. The highest BCUT2D eigenvalue weighted by atomic mass is 16.7. The van der Waals surface area contributed by atoms with Crippen LogP contribution in [0.1, 0.15) is 19.4 Å². The zero-order chi connectivity index (χ0) is 13.2. The third kappa shape index (κ3) is 5.04. The van der Waals surface area contributed by atoms with Gasteiger partial charge in [-0.25, -0.2) is 0 Å². The Hall–Kier alpha value is -1.10. The van der Waals surface area contributed by atoms with Crippen molar-refractivity contribution in [3.8, 4) is 0 Å². The van der Waals surface area contributed by atoms with Crippen molar-refractivity contribution in [3.63, 3.8) is 0 Å². The zero-order valence-electron chi connectivity index (χ0n) is 11.6. The molecule has 1 N–H and O–H groups in total. The quantitative estimate of drug-likeness (QED) is 0.539. The van der Waals surface area contributed by atoms with Gasteiger partial charge in [0.2, 0.25) is 0 Å². The summed E-state index contributed by atoms with van der Waals surface area (Å²) >= 11 is 0. The molecule has 1 rings (SSSR count). The second-order valence-corrected chi connectivity index (χ2v) is 4.00. The van der Waals surface area contributed by atoms with E-state index in [4.69, 9.17) is 9.57 Å². The maximum absolute atomic E-state index is 5.21. The first-order chi connectivity index (χ1) is 8.81. The fourth-order valence-electron chi connectivity index (χ4n) is 1.74. The van der Waals surface area contributed by atoms with Crippen molar-refractivity contribution in [2.75, 3.05) is 38.3 Å². The number of methoxy groups -OCH3 is 1. The third-order valence-electron chi connectivity index (χ3n) is 2.83. The van der Waals surface area contributed by atoms with Crippen LogP contribution in [0.2, 0.25) is 0 Å². The van der Waals surface area contributed by atoms with Gasteiger partial charge in [-0.2, -0.15) is 5.48 Å². The highest BCUT2D eigenvalue weighted by Gasteiger charge is 2.01. The second-order valence-electron chi connectivity index (χ2n) is 4.00. The fourth-order valence-corrected chi connectivity index (χ4v) is 1.74. The van der Waals surface area contributed by atoms with Crippen LogP contribution in [0.3, 0.4) is 0 Å². The van der Waals surface area contributed by atoms with Crippen molar-refractivity contribution in [3.05, 3.63) is 29.8 Å². The molecular formula is C14H24N2O2. The average Bonchev–Trinajstić information content (AvgIpc) is 2.41. The van der Waals surface area contributed by atoms with Crippen molar-refractivity contribution >= 4 is 5.69 Å². The van der Waals surface area contributed by atoms with E-state index in [0.29, 0.717) is 19.8 Å². The smallest absolute Gasteiger partial charge is 0.0916 e. The molecule has 1 aromatic rings. The van der Waals surface area contributed by atoms with Crippen LogP contribution in [0.4, 0.5) is 5.69 Å². The summed E-state index contributed by atoms with van der Waals surface area (Å²) in [5.41, 5.74) is 5.40. The Bertz CT molecular complexity index is 310. The first kappa shape index (κ1) is 15.0. The molecule has 0 saturated heterocycles. The van der Waals surface area contributed by atoms with E-state index in [0.717, 1.165) is 13.1 Å². The van der Waals surface area contributed by atoms with Crippen molar-refractivity contribution in [1.29, 1.82) is 0 Å². The van der Waals surface area contributed by atoms with Crippen molar-refractivity contribution < 1.29 is 9.57 Å². The molecule has 0 heterocycles. The van der Waals surface area contributed by atoms with E-state index in [1.807, 2.05) is 0 Å². The molecule has 0 atom stereocenters. The Kier molecular flexibility index (Phi) is 7.41. The first-order valence-electron chi connectivity index (χ1n) is 6.49. The first-order valence-corrected chi connectivity index (χ1v) is 6.49. The summed E-state index contributed by atoms with van der Waals surface area (Å²) in [6.45, 7) is 8.29. The molecule has 0 radical (unpaired) electrons. The molecule has 0 fully saturated rings. The van der Waals surface area contributed by atoms with Crippen LogP contribution in [0, 0.1) is 0 Å². The molecule has 18 heavy (non-hydrogen) atoms. The molecular weight excluding hydrogens is 228 g/mol. The normalized spacial score (nSPS) is 10.6. The highest BCUT2D eigenvalue weighted by Crippen LogP contribution is 2.14.